The number of rotatable bonds is 8. The van der Waals surface area contributed by atoms with Crippen LogP contribution in [0.15, 0.2) is 59.8 Å². The number of fused-ring (bicyclic) bond motifs is 1. The molecule has 9 heteroatoms. The zero-order valence-electron chi connectivity index (χ0n) is 18.5. The average molecular weight is 450 g/mol. The van der Waals surface area contributed by atoms with E-state index in [4.69, 9.17) is 14.3 Å². The minimum absolute atomic E-state index is 0.00690. The fourth-order valence-corrected chi connectivity index (χ4v) is 3.58. The summed E-state index contributed by atoms with van der Waals surface area (Å²) in [6, 6.07) is 16.9. The Hall–Kier alpha value is -3.72. The summed E-state index contributed by atoms with van der Waals surface area (Å²) >= 11 is 0. The molecular weight excluding hydrogens is 424 g/mol. The van der Waals surface area contributed by atoms with Gasteiger partial charge in [-0.2, -0.15) is 0 Å². The quantitative estimate of drug-likeness (QED) is 0.297. The highest BCUT2D eigenvalue weighted by atomic mass is 16.6. The zero-order chi connectivity index (χ0) is 23.0. The summed E-state index contributed by atoms with van der Waals surface area (Å²) in [6.07, 6.45) is 0. The summed E-state index contributed by atoms with van der Waals surface area (Å²) in [5, 5.41) is 4.10. The van der Waals surface area contributed by atoms with Gasteiger partial charge in [-0.1, -0.05) is 47.6 Å². The second-order valence-corrected chi connectivity index (χ2v) is 7.42. The van der Waals surface area contributed by atoms with Gasteiger partial charge in [0.2, 0.25) is 11.6 Å². The van der Waals surface area contributed by atoms with Crippen molar-refractivity contribution in [3.63, 3.8) is 0 Å². The molecule has 2 aromatic carbocycles. The molecule has 1 saturated heterocycles. The number of hydrogen-bond acceptors (Lipinski definition) is 7. The van der Waals surface area contributed by atoms with Crippen LogP contribution in [0.5, 0.6) is 0 Å². The molecule has 3 aromatic rings. The molecule has 33 heavy (non-hydrogen) atoms. The minimum atomic E-state index is -0.666. The SMILES string of the molecule is CCOC(=O)/C(=N\OCc1ccccc1)c1nc2ccccc2n1CC(=O)N1CCOCC1. The monoisotopic (exact) mass is 450 g/mol. The lowest BCUT2D eigenvalue weighted by molar-refractivity contribution is -0.136. The second kappa shape index (κ2) is 10.7. The smallest absolute Gasteiger partial charge is 0.364 e. The number of nitrogens with zero attached hydrogens (tertiary/aromatic N) is 4. The van der Waals surface area contributed by atoms with Gasteiger partial charge in [0.1, 0.15) is 13.2 Å². The molecule has 1 fully saturated rings. The van der Waals surface area contributed by atoms with Crippen molar-refractivity contribution in [3.8, 4) is 0 Å². The van der Waals surface area contributed by atoms with Crippen molar-refractivity contribution in [2.45, 2.75) is 20.1 Å². The molecule has 1 aliphatic rings. The molecule has 0 saturated carbocycles. The van der Waals surface area contributed by atoms with Crippen molar-refractivity contribution in [2.24, 2.45) is 5.16 Å². The maximum Gasteiger partial charge on any atom is 0.364 e. The van der Waals surface area contributed by atoms with E-state index in [2.05, 4.69) is 10.1 Å². The Kier molecular flexibility index (Phi) is 7.31. The topological polar surface area (TPSA) is 95.2 Å². The highest BCUT2D eigenvalue weighted by molar-refractivity contribution is 6.42. The number of oxime groups is 1. The number of benzene rings is 2. The van der Waals surface area contributed by atoms with Crippen LogP contribution in [0.1, 0.15) is 18.3 Å². The second-order valence-electron chi connectivity index (χ2n) is 7.42. The number of imidazole rings is 1. The predicted molar refractivity (Wildman–Crippen MR) is 122 cm³/mol. The summed E-state index contributed by atoms with van der Waals surface area (Å²) in [6.45, 7) is 4.14. The number of amides is 1. The standard InChI is InChI=1S/C24H26N4O5/c1-2-32-24(30)22(26-33-17-18-8-4-3-5-9-18)23-25-19-10-6-7-11-20(19)28(23)16-21(29)27-12-14-31-15-13-27/h3-11H,2,12-17H2,1H3/b26-22-. The van der Waals surface area contributed by atoms with E-state index in [0.29, 0.717) is 37.3 Å². The van der Waals surface area contributed by atoms with E-state index in [1.165, 1.54) is 0 Å². The molecule has 0 N–H and O–H groups in total. The Labute approximate surface area is 191 Å². The number of morpholine rings is 1. The average Bonchev–Trinajstić information content (AvgIpc) is 3.21. The first kappa shape index (κ1) is 22.5. The van der Waals surface area contributed by atoms with Crippen LogP contribution in [0.25, 0.3) is 11.0 Å². The van der Waals surface area contributed by atoms with Crippen LogP contribution in [-0.4, -0.2) is 64.9 Å². The van der Waals surface area contributed by atoms with Crippen molar-refractivity contribution in [2.75, 3.05) is 32.9 Å². The van der Waals surface area contributed by atoms with Crippen LogP contribution in [0, 0.1) is 0 Å². The molecule has 1 amide bonds. The molecule has 0 unspecified atom stereocenters. The molecule has 172 valence electrons. The highest BCUT2D eigenvalue weighted by Crippen LogP contribution is 2.18. The molecule has 4 rings (SSSR count). The normalized spacial score (nSPS) is 14.3. The summed E-state index contributed by atoms with van der Waals surface area (Å²) in [4.78, 5) is 37.7. The van der Waals surface area contributed by atoms with Gasteiger partial charge >= 0.3 is 5.97 Å². The van der Waals surface area contributed by atoms with Gasteiger partial charge < -0.3 is 23.8 Å². The maximum atomic E-state index is 13.0. The van der Waals surface area contributed by atoms with Crippen LogP contribution in [-0.2, 0) is 37.1 Å². The number of hydrogen-bond donors (Lipinski definition) is 0. The molecule has 1 aromatic heterocycles. The summed E-state index contributed by atoms with van der Waals surface area (Å²) in [7, 11) is 0. The third-order valence-electron chi connectivity index (χ3n) is 5.22. The maximum absolute atomic E-state index is 13.0. The van der Waals surface area contributed by atoms with Gasteiger partial charge in [0.25, 0.3) is 0 Å². The Morgan fingerprint density at radius 1 is 1.06 bits per heavy atom. The van der Waals surface area contributed by atoms with Crippen molar-refractivity contribution in [1.82, 2.24) is 14.5 Å². The van der Waals surface area contributed by atoms with Crippen LogP contribution < -0.4 is 0 Å². The predicted octanol–water partition coefficient (Wildman–Crippen LogP) is 2.38. The van der Waals surface area contributed by atoms with E-state index in [9.17, 15) is 9.59 Å². The van der Waals surface area contributed by atoms with Crippen LogP contribution in [0.2, 0.25) is 0 Å². The van der Waals surface area contributed by atoms with Gasteiger partial charge in [-0.3, -0.25) is 4.79 Å². The Morgan fingerprint density at radius 2 is 1.79 bits per heavy atom. The summed E-state index contributed by atoms with van der Waals surface area (Å²) in [5.41, 5.74) is 2.18. The van der Waals surface area contributed by atoms with Crippen LogP contribution >= 0.6 is 0 Å². The van der Waals surface area contributed by atoms with E-state index in [-0.39, 0.29) is 37.2 Å². The molecule has 0 bridgehead atoms. The Bertz CT molecular complexity index is 1140. The number of esters is 1. The summed E-state index contributed by atoms with van der Waals surface area (Å²) < 4.78 is 12.3. The highest BCUT2D eigenvalue weighted by Gasteiger charge is 2.27. The van der Waals surface area contributed by atoms with Gasteiger partial charge in [-0.25, -0.2) is 9.78 Å². The van der Waals surface area contributed by atoms with Gasteiger partial charge in [-0.15, -0.1) is 0 Å². The lowest BCUT2D eigenvalue weighted by Crippen LogP contribution is -2.42. The lowest BCUT2D eigenvalue weighted by Gasteiger charge is -2.27. The summed E-state index contributed by atoms with van der Waals surface area (Å²) in [5.74, 6) is -0.527. The Morgan fingerprint density at radius 3 is 2.55 bits per heavy atom. The van der Waals surface area contributed by atoms with E-state index >= 15 is 0 Å². The van der Waals surface area contributed by atoms with Crippen molar-refractivity contribution in [3.05, 3.63) is 66.0 Å². The molecule has 2 heterocycles. The van der Waals surface area contributed by atoms with Crippen molar-refractivity contribution >= 4 is 28.6 Å². The first-order valence-electron chi connectivity index (χ1n) is 10.9. The third-order valence-corrected chi connectivity index (χ3v) is 5.22. The fourth-order valence-electron chi connectivity index (χ4n) is 3.58. The minimum Gasteiger partial charge on any atom is -0.461 e. The van der Waals surface area contributed by atoms with Crippen molar-refractivity contribution in [1.29, 1.82) is 0 Å². The van der Waals surface area contributed by atoms with Gasteiger partial charge in [0.15, 0.2) is 5.82 Å². The first-order valence-corrected chi connectivity index (χ1v) is 10.9. The molecule has 1 aliphatic heterocycles. The third kappa shape index (κ3) is 5.38. The van der Waals surface area contributed by atoms with E-state index < -0.39 is 5.97 Å². The zero-order valence-corrected chi connectivity index (χ0v) is 18.5. The molecular formula is C24H26N4O5. The van der Waals surface area contributed by atoms with Crippen LogP contribution in [0.4, 0.5) is 0 Å². The van der Waals surface area contributed by atoms with Gasteiger partial charge in [0.05, 0.1) is 30.9 Å². The van der Waals surface area contributed by atoms with Gasteiger partial charge in [0, 0.05) is 13.1 Å². The van der Waals surface area contributed by atoms with Gasteiger partial charge in [-0.05, 0) is 24.6 Å². The molecule has 9 nitrogen and oxygen atoms in total. The molecule has 0 atom stereocenters. The van der Waals surface area contributed by atoms with E-state index in [1.807, 2.05) is 54.6 Å². The number of carbonyl (C=O) groups excluding carboxylic acids is 2. The molecule has 0 aliphatic carbocycles. The number of aromatic nitrogens is 2. The number of ether oxygens (including phenoxy) is 2. The van der Waals surface area contributed by atoms with Crippen LogP contribution in [0.3, 0.4) is 0 Å². The largest absolute Gasteiger partial charge is 0.461 e. The number of para-hydroxylation sites is 2. The first-order chi connectivity index (χ1) is 16.2. The molecule has 0 radical (unpaired) electrons. The Balaban J connectivity index is 1.68. The molecule has 0 spiro atoms. The lowest BCUT2D eigenvalue weighted by atomic mass is 10.2. The fraction of sp³-hybridized carbons (Fsp3) is 0.333. The van der Waals surface area contributed by atoms with Crippen molar-refractivity contribution < 1.29 is 23.9 Å². The van der Waals surface area contributed by atoms with E-state index in [1.54, 1.807) is 16.4 Å². The number of carbonyl (C=O) groups is 2. The van der Waals surface area contributed by atoms with E-state index in [0.717, 1.165) is 5.56 Å².